The SMILES string of the molecule is CC(=O)N1Cc2c(n(C)c3ccccc23)C(=O)C(C)C1. The lowest BCUT2D eigenvalue weighted by Crippen LogP contribution is -2.32. The number of para-hydroxylation sites is 1. The number of hydrogen-bond donors (Lipinski definition) is 0. The lowest BCUT2D eigenvalue weighted by molar-refractivity contribution is -0.129. The van der Waals surface area contributed by atoms with Gasteiger partial charge in [0, 0.05) is 49.4 Å². The van der Waals surface area contributed by atoms with E-state index in [-0.39, 0.29) is 17.6 Å². The van der Waals surface area contributed by atoms with Crippen LogP contribution in [-0.4, -0.2) is 27.7 Å². The van der Waals surface area contributed by atoms with Gasteiger partial charge in [-0.15, -0.1) is 0 Å². The second-order valence-corrected chi connectivity index (χ2v) is 5.57. The summed E-state index contributed by atoms with van der Waals surface area (Å²) >= 11 is 0. The average molecular weight is 270 g/mol. The van der Waals surface area contributed by atoms with Crippen LogP contribution in [0.25, 0.3) is 10.9 Å². The number of ketones is 1. The summed E-state index contributed by atoms with van der Waals surface area (Å²) in [7, 11) is 1.93. The van der Waals surface area contributed by atoms with Gasteiger partial charge < -0.3 is 9.47 Å². The van der Waals surface area contributed by atoms with Crippen molar-refractivity contribution >= 4 is 22.6 Å². The van der Waals surface area contributed by atoms with Crippen LogP contribution in [0.2, 0.25) is 0 Å². The van der Waals surface area contributed by atoms with Crippen LogP contribution in [0.3, 0.4) is 0 Å². The van der Waals surface area contributed by atoms with Gasteiger partial charge in [-0.25, -0.2) is 0 Å². The molecule has 104 valence electrons. The van der Waals surface area contributed by atoms with Crippen molar-refractivity contribution in [2.24, 2.45) is 13.0 Å². The normalized spacial score (nSPS) is 19.1. The molecule has 0 fully saturated rings. The van der Waals surface area contributed by atoms with Crippen LogP contribution in [0.1, 0.15) is 29.9 Å². The number of aryl methyl sites for hydroxylation is 1. The molecule has 1 aromatic heterocycles. The lowest BCUT2D eigenvalue weighted by Gasteiger charge is -2.20. The number of hydrogen-bond acceptors (Lipinski definition) is 2. The first-order valence-electron chi connectivity index (χ1n) is 6.86. The first-order valence-corrected chi connectivity index (χ1v) is 6.86. The van der Waals surface area contributed by atoms with E-state index in [4.69, 9.17) is 0 Å². The summed E-state index contributed by atoms with van der Waals surface area (Å²) in [5.74, 6) is -0.0175. The van der Waals surface area contributed by atoms with Gasteiger partial charge in [0.05, 0.1) is 5.69 Å². The van der Waals surface area contributed by atoms with Crippen molar-refractivity contribution in [3.8, 4) is 0 Å². The standard InChI is InChI=1S/C16H18N2O2/c1-10-8-18(11(2)19)9-13-12-6-4-5-7-14(12)17(3)15(13)16(10)20/h4-7,10H,8-9H2,1-3H3. The fourth-order valence-electron chi connectivity index (χ4n) is 3.09. The number of carbonyl (C=O) groups excluding carboxylic acids is 2. The van der Waals surface area contributed by atoms with Gasteiger partial charge in [-0.3, -0.25) is 9.59 Å². The fourth-order valence-corrected chi connectivity index (χ4v) is 3.09. The third kappa shape index (κ3) is 1.75. The van der Waals surface area contributed by atoms with Crippen LogP contribution in [-0.2, 0) is 18.4 Å². The Bertz CT molecular complexity index is 715. The van der Waals surface area contributed by atoms with Gasteiger partial charge in [-0.2, -0.15) is 0 Å². The highest BCUT2D eigenvalue weighted by molar-refractivity contribution is 6.04. The number of benzene rings is 1. The maximum atomic E-state index is 12.6. The summed E-state index contributed by atoms with van der Waals surface area (Å²) in [5, 5.41) is 1.07. The Hall–Kier alpha value is -2.10. The number of Topliss-reactive ketones (excluding diaryl/α,β-unsaturated/α-hetero) is 1. The van der Waals surface area contributed by atoms with E-state index < -0.39 is 0 Å². The van der Waals surface area contributed by atoms with Gasteiger partial charge in [-0.1, -0.05) is 25.1 Å². The second kappa shape index (κ2) is 4.47. The van der Waals surface area contributed by atoms with Crippen molar-refractivity contribution in [1.29, 1.82) is 0 Å². The Morgan fingerprint density at radius 1 is 1.30 bits per heavy atom. The molecule has 4 nitrogen and oxygen atoms in total. The Labute approximate surface area is 118 Å². The molecule has 1 aliphatic heterocycles. The predicted octanol–water partition coefficient (Wildman–Crippen LogP) is 2.36. The molecule has 4 heteroatoms. The van der Waals surface area contributed by atoms with Gasteiger partial charge in [0.25, 0.3) is 0 Å². The summed E-state index contributed by atoms with van der Waals surface area (Å²) in [6.45, 7) is 4.47. The topological polar surface area (TPSA) is 42.3 Å². The summed E-state index contributed by atoms with van der Waals surface area (Å²) in [6.07, 6.45) is 0. The van der Waals surface area contributed by atoms with Gasteiger partial charge in [0.15, 0.2) is 5.78 Å². The van der Waals surface area contributed by atoms with E-state index >= 15 is 0 Å². The molecule has 2 heterocycles. The third-order valence-corrected chi connectivity index (χ3v) is 4.18. The highest BCUT2D eigenvalue weighted by Gasteiger charge is 2.31. The second-order valence-electron chi connectivity index (χ2n) is 5.57. The molecule has 0 N–H and O–H groups in total. The zero-order valence-corrected chi connectivity index (χ0v) is 12.0. The third-order valence-electron chi connectivity index (χ3n) is 4.18. The van der Waals surface area contributed by atoms with Crippen LogP contribution in [0.5, 0.6) is 0 Å². The highest BCUT2D eigenvalue weighted by atomic mass is 16.2. The van der Waals surface area contributed by atoms with E-state index in [9.17, 15) is 9.59 Å². The van der Waals surface area contributed by atoms with Gasteiger partial charge in [-0.05, 0) is 6.07 Å². The molecular formula is C16H18N2O2. The molecule has 0 saturated carbocycles. The molecule has 0 bridgehead atoms. The van der Waals surface area contributed by atoms with Crippen molar-refractivity contribution in [3.05, 3.63) is 35.5 Å². The van der Waals surface area contributed by atoms with Gasteiger partial charge in [0.2, 0.25) is 5.91 Å². The van der Waals surface area contributed by atoms with Crippen LogP contribution < -0.4 is 0 Å². The Kier molecular flexibility index (Phi) is 2.89. The molecule has 0 spiro atoms. The molecule has 3 rings (SSSR count). The van der Waals surface area contributed by atoms with Crippen LogP contribution in [0, 0.1) is 5.92 Å². The highest BCUT2D eigenvalue weighted by Crippen LogP contribution is 2.31. The first-order chi connectivity index (χ1) is 9.50. The summed E-state index contributed by atoms with van der Waals surface area (Å²) in [6, 6.07) is 7.98. The van der Waals surface area contributed by atoms with E-state index in [1.807, 2.05) is 42.8 Å². The number of rotatable bonds is 0. The molecule has 2 aromatic rings. The zero-order valence-electron chi connectivity index (χ0n) is 12.0. The number of aromatic nitrogens is 1. The summed E-state index contributed by atoms with van der Waals surface area (Å²) in [4.78, 5) is 26.2. The summed E-state index contributed by atoms with van der Waals surface area (Å²) in [5.41, 5.74) is 2.78. The molecule has 1 unspecified atom stereocenters. The fraction of sp³-hybridized carbons (Fsp3) is 0.375. The Morgan fingerprint density at radius 2 is 2.00 bits per heavy atom. The molecule has 0 radical (unpaired) electrons. The van der Waals surface area contributed by atoms with Crippen molar-refractivity contribution in [1.82, 2.24) is 9.47 Å². The average Bonchev–Trinajstić information content (AvgIpc) is 2.62. The molecule has 0 saturated heterocycles. The zero-order chi connectivity index (χ0) is 14.4. The molecule has 1 amide bonds. The molecule has 1 atom stereocenters. The maximum absolute atomic E-state index is 12.6. The molecule has 20 heavy (non-hydrogen) atoms. The largest absolute Gasteiger partial charge is 0.341 e. The molecule has 1 aromatic carbocycles. The van der Waals surface area contributed by atoms with Crippen molar-refractivity contribution in [2.45, 2.75) is 20.4 Å². The maximum Gasteiger partial charge on any atom is 0.219 e. The summed E-state index contributed by atoms with van der Waals surface area (Å²) < 4.78 is 1.97. The Balaban J connectivity index is 2.28. The number of nitrogens with zero attached hydrogens (tertiary/aromatic N) is 2. The van der Waals surface area contributed by atoms with Crippen molar-refractivity contribution in [3.63, 3.8) is 0 Å². The monoisotopic (exact) mass is 270 g/mol. The van der Waals surface area contributed by atoms with Crippen LogP contribution in [0.4, 0.5) is 0 Å². The molecular weight excluding hydrogens is 252 g/mol. The van der Waals surface area contributed by atoms with Crippen molar-refractivity contribution in [2.75, 3.05) is 6.54 Å². The Morgan fingerprint density at radius 3 is 2.70 bits per heavy atom. The quantitative estimate of drug-likeness (QED) is 0.737. The van der Waals surface area contributed by atoms with E-state index in [2.05, 4.69) is 0 Å². The van der Waals surface area contributed by atoms with Crippen molar-refractivity contribution < 1.29 is 9.59 Å². The molecule has 0 aliphatic carbocycles. The predicted molar refractivity (Wildman–Crippen MR) is 77.5 cm³/mol. The smallest absolute Gasteiger partial charge is 0.219 e. The number of carbonyl (C=O) groups is 2. The minimum absolute atomic E-state index is 0.0189. The van der Waals surface area contributed by atoms with E-state index in [1.165, 1.54) is 0 Å². The number of amides is 1. The van der Waals surface area contributed by atoms with E-state index in [0.717, 1.165) is 22.2 Å². The minimum Gasteiger partial charge on any atom is -0.341 e. The van der Waals surface area contributed by atoms with Crippen LogP contribution in [0.15, 0.2) is 24.3 Å². The van der Waals surface area contributed by atoms with Gasteiger partial charge >= 0.3 is 0 Å². The van der Waals surface area contributed by atoms with E-state index in [0.29, 0.717) is 13.1 Å². The first kappa shape index (κ1) is 12.9. The lowest BCUT2D eigenvalue weighted by atomic mass is 10.0. The molecule has 1 aliphatic rings. The number of fused-ring (bicyclic) bond motifs is 3. The van der Waals surface area contributed by atoms with Gasteiger partial charge in [0.1, 0.15) is 0 Å². The van der Waals surface area contributed by atoms with E-state index in [1.54, 1.807) is 11.8 Å². The minimum atomic E-state index is -0.164. The van der Waals surface area contributed by atoms with Crippen LogP contribution >= 0.6 is 0 Å².